The van der Waals surface area contributed by atoms with Crippen LogP contribution in [0.5, 0.6) is 0 Å². The SMILES string of the molecule is CCn1c(CNc2cc(C(N)=O)ccn2)nc2ccccc21. The van der Waals surface area contributed by atoms with Crippen molar-refractivity contribution >= 4 is 22.8 Å². The van der Waals surface area contributed by atoms with E-state index in [1.54, 1.807) is 18.3 Å². The minimum Gasteiger partial charge on any atom is -0.366 e. The maximum atomic E-state index is 11.2. The van der Waals surface area contributed by atoms with Crippen LogP contribution in [0.15, 0.2) is 42.6 Å². The molecule has 0 aliphatic heterocycles. The summed E-state index contributed by atoms with van der Waals surface area (Å²) in [5.41, 5.74) is 7.79. The molecule has 22 heavy (non-hydrogen) atoms. The van der Waals surface area contributed by atoms with Crippen LogP contribution in [0.4, 0.5) is 5.82 Å². The predicted octanol–water partition coefficient (Wildman–Crippen LogP) is 2.16. The van der Waals surface area contributed by atoms with Gasteiger partial charge in [-0.25, -0.2) is 9.97 Å². The van der Waals surface area contributed by atoms with Gasteiger partial charge in [0.1, 0.15) is 11.6 Å². The molecule has 3 rings (SSSR count). The largest absolute Gasteiger partial charge is 0.366 e. The van der Waals surface area contributed by atoms with Crippen molar-refractivity contribution in [3.8, 4) is 0 Å². The number of para-hydroxylation sites is 2. The highest BCUT2D eigenvalue weighted by Gasteiger charge is 2.09. The van der Waals surface area contributed by atoms with Gasteiger partial charge in [-0.05, 0) is 31.2 Å². The number of primary amides is 1. The van der Waals surface area contributed by atoms with Crippen LogP contribution >= 0.6 is 0 Å². The standard InChI is InChI=1S/C16H17N5O/c1-2-21-13-6-4-3-5-12(13)20-15(21)10-19-14-9-11(16(17)22)7-8-18-14/h3-9H,2,10H2,1H3,(H2,17,22)(H,18,19). The molecule has 0 bridgehead atoms. The second-order valence-corrected chi connectivity index (χ2v) is 4.91. The van der Waals surface area contributed by atoms with Crippen LogP contribution in [0.2, 0.25) is 0 Å². The lowest BCUT2D eigenvalue weighted by Crippen LogP contribution is -2.13. The lowest BCUT2D eigenvalue weighted by molar-refractivity contribution is 0.1000. The summed E-state index contributed by atoms with van der Waals surface area (Å²) in [5, 5.41) is 3.19. The Morgan fingerprint density at radius 3 is 2.91 bits per heavy atom. The first-order valence-electron chi connectivity index (χ1n) is 7.13. The van der Waals surface area contributed by atoms with Gasteiger partial charge in [0, 0.05) is 18.3 Å². The highest BCUT2D eigenvalue weighted by molar-refractivity contribution is 5.93. The highest BCUT2D eigenvalue weighted by Crippen LogP contribution is 2.17. The van der Waals surface area contributed by atoms with Crippen molar-refractivity contribution in [1.29, 1.82) is 0 Å². The Bertz CT molecular complexity index is 824. The molecular weight excluding hydrogens is 278 g/mol. The van der Waals surface area contributed by atoms with Gasteiger partial charge in [-0.15, -0.1) is 0 Å². The molecule has 0 aliphatic rings. The Hall–Kier alpha value is -2.89. The minimum atomic E-state index is -0.466. The molecule has 1 aromatic carbocycles. The summed E-state index contributed by atoms with van der Waals surface area (Å²) in [4.78, 5) is 20.0. The molecule has 3 aromatic rings. The molecule has 1 amide bonds. The second kappa shape index (κ2) is 5.85. The summed E-state index contributed by atoms with van der Waals surface area (Å²) in [5.74, 6) is 1.06. The first-order chi connectivity index (χ1) is 10.7. The summed E-state index contributed by atoms with van der Waals surface area (Å²) < 4.78 is 2.15. The van der Waals surface area contributed by atoms with Gasteiger partial charge in [0.05, 0.1) is 17.6 Å². The van der Waals surface area contributed by atoms with E-state index in [0.717, 1.165) is 23.4 Å². The number of benzene rings is 1. The van der Waals surface area contributed by atoms with Gasteiger partial charge in [-0.1, -0.05) is 12.1 Å². The average Bonchev–Trinajstić information content (AvgIpc) is 2.90. The van der Waals surface area contributed by atoms with Crippen molar-refractivity contribution in [3.63, 3.8) is 0 Å². The van der Waals surface area contributed by atoms with Gasteiger partial charge in [0.2, 0.25) is 5.91 Å². The summed E-state index contributed by atoms with van der Waals surface area (Å²) >= 11 is 0. The van der Waals surface area contributed by atoms with Crippen LogP contribution in [0, 0.1) is 0 Å². The number of aryl methyl sites for hydroxylation is 1. The summed E-state index contributed by atoms with van der Waals surface area (Å²) in [6.45, 7) is 3.45. The Labute approximate surface area is 128 Å². The summed E-state index contributed by atoms with van der Waals surface area (Å²) in [6, 6.07) is 11.3. The summed E-state index contributed by atoms with van der Waals surface area (Å²) in [7, 11) is 0. The zero-order valence-electron chi connectivity index (χ0n) is 12.3. The number of carbonyl (C=O) groups excluding carboxylic acids is 1. The van der Waals surface area contributed by atoms with E-state index < -0.39 is 5.91 Å². The third kappa shape index (κ3) is 2.63. The number of rotatable bonds is 5. The molecule has 3 N–H and O–H groups in total. The Kier molecular flexibility index (Phi) is 3.74. The van der Waals surface area contributed by atoms with Crippen LogP contribution < -0.4 is 11.1 Å². The van der Waals surface area contributed by atoms with Crippen LogP contribution in [0.3, 0.4) is 0 Å². The number of imidazole rings is 1. The van der Waals surface area contributed by atoms with E-state index in [9.17, 15) is 4.79 Å². The molecule has 0 atom stereocenters. The number of carbonyl (C=O) groups is 1. The smallest absolute Gasteiger partial charge is 0.248 e. The number of pyridine rings is 1. The van der Waals surface area contributed by atoms with E-state index in [-0.39, 0.29) is 0 Å². The molecule has 6 heteroatoms. The minimum absolute atomic E-state index is 0.432. The molecule has 6 nitrogen and oxygen atoms in total. The number of hydrogen-bond donors (Lipinski definition) is 2. The third-order valence-electron chi connectivity index (χ3n) is 3.52. The zero-order chi connectivity index (χ0) is 15.5. The lowest BCUT2D eigenvalue weighted by Gasteiger charge is -2.08. The topological polar surface area (TPSA) is 85.8 Å². The van der Waals surface area contributed by atoms with Gasteiger partial charge >= 0.3 is 0 Å². The van der Waals surface area contributed by atoms with E-state index in [0.29, 0.717) is 17.9 Å². The zero-order valence-corrected chi connectivity index (χ0v) is 12.3. The van der Waals surface area contributed by atoms with E-state index in [4.69, 9.17) is 5.73 Å². The molecule has 0 unspecified atom stereocenters. The number of fused-ring (bicyclic) bond motifs is 1. The molecule has 2 aromatic heterocycles. The molecular formula is C16H17N5O. The quantitative estimate of drug-likeness (QED) is 0.755. The van der Waals surface area contributed by atoms with Crippen molar-refractivity contribution in [2.45, 2.75) is 20.0 Å². The van der Waals surface area contributed by atoms with Crippen molar-refractivity contribution < 1.29 is 4.79 Å². The maximum Gasteiger partial charge on any atom is 0.248 e. The van der Waals surface area contributed by atoms with Crippen LogP contribution in [-0.2, 0) is 13.1 Å². The molecule has 2 heterocycles. The van der Waals surface area contributed by atoms with Gasteiger partial charge < -0.3 is 15.6 Å². The molecule has 0 saturated carbocycles. The number of nitrogens with zero attached hydrogens (tertiary/aromatic N) is 3. The van der Waals surface area contributed by atoms with Crippen LogP contribution in [0.25, 0.3) is 11.0 Å². The van der Waals surface area contributed by atoms with Crippen molar-refractivity contribution in [1.82, 2.24) is 14.5 Å². The Morgan fingerprint density at radius 1 is 1.32 bits per heavy atom. The van der Waals surface area contributed by atoms with Crippen LogP contribution in [0.1, 0.15) is 23.1 Å². The predicted molar refractivity (Wildman–Crippen MR) is 85.5 cm³/mol. The molecule has 0 aliphatic carbocycles. The molecule has 0 fully saturated rings. The monoisotopic (exact) mass is 295 g/mol. The van der Waals surface area contributed by atoms with E-state index in [1.165, 1.54) is 0 Å². The number of amides is 1. The Balaban J connectivity index is 1.85. The van der Waals surface area contributed by atoms with Gasteiger partial charge in [0.15, 0.2) is 0 Å². The normalized spacial score (nSPS) is 10.8. The van der Waals surface area contributed by atoms with Crippen molar-refractivity contribution in [2.75, 3.05) is 5.32 Å². The fourth-order valence-corrected chi connectivity index (χ4v) is 2.46. The fourth-order valence-electron chi connectivity index (χ4n) is 2.46. The van der Waals surface area contributed by atoms with Gasteiger partial charge in [-0.2, -0.15) is 0 Å². The van der Waals surface area contributed by atoms with E-state index in [2.05, 4.69) is 32.8 Å². The van der Waals surface area contributed by atoms with E-state index >= 15 is 0 Å². The first kappa shape index (κ1) is 14.1. The molecule has 112 valence electrons. The summed E-state index contributed by atoms with van der Waals surface area (Å²) in [6.07, 6.45) is 1.56. The van der Waals surface area contributed by atoms with Gasteiger partial charge in [-0.3, -0.25) is 4.79 Å². The molecule has 0 spiro atoms. The highest BCUT2D eigenvalue weighted by atomic mass is 16.1. The lowest BCUT2D eigenvalue weighted by atomic mass is 10.2. The second-order valence-electron chi connectivity index (χ2n) is 4.91. The third-order valence-corrected chi connectivity index (χ3v) is 3.52. The van der Waals surface area contributed by atoms with Crippen LogP contribution in [-0.4, -0.2) is 20.4 Å². The fraction of sp³-hybridized carbons (Fsp3) is 0.188. The number of nitrogens with one attached hydrogen (secondary N) is 1. The number of aromatic nitrogens is 3. The maximum absolute atomic E-state index is 11.2. The number of nitrogens with two attached hydrogens (primary N) is 1. The molecule has 0 saturated heterocycles. The van der Waals surface area contributed by atoms with Crippen molar-refractivity contribution in [3.05, 3.63) is 54.0 Å². The molecule has 0 radical (unpaired) electrons. The first-order valence-corrected chi connectivity index (χ1v) is 7.13. The number of hydrogen-bond acceptors (Lipinski definition) is 4. The average molecular weight is 295 g/mol. The Morgan fingerprint density at radius 2 is 2.14 bits per heavy atom. The number of anilines is 1. The van der Waals surface area contributed by atoms with Gasteiger partial charge in [0.25, 0.3) is 0 Å². The van der Waals surface area contributed by atoms with E-state index in [1.807, 2.05) is 18.2 Å². The van der Waals surface area contributed by atoms with Crippen molar-refractivity contribution in [2.24, 2.45) is 5.73 Å².